The molecule has 1 aliphatic carbocycles. The van der Waals surface area contributed by atoms with Crippen LogP contribution in [0.2, 0.25) is 0 Å². The molecule has 0 amide bonds. The van der Waals surface area contributed by atoms with Crippen molar-refractivity contribution in [1.29, 1.82) is 10.5 Å². The predicted molar refractivity (Wildman–Crippen MR) is 114 cm³/mol. The van der Waals surface area contributed by atoms with Crippen molar-refractivity contribution in [2.24, 2.45) is 11.1 Å². The lowest BCUT2D eigenvalue weighted by molar-refractivity contribution is 0.00748. The highest BCUT2D eigenvalue weighted by Crippen LogP contribution is 2.53. The molecule has 2 aromatic heterocycles. The number of hydrogen-bond acceptors (Lipinski definition) is 8. The van der Waals surface area contributed by atoms with Gasteiger partial charge in [0, 0.05) is 29.6 Å². The van der Waals surface area contributed by atoms with Crippen molar-refractivity contribution in [3.8, 4) is 23.4 Å². The fraction of sp³-hybridized carbons (Fsp3) is 0.409. The number of pyridine rings is 1. The van der Waals surface area contributed by atoms with Gasteiger partial charge < -0.3 is 5.73 Å². The maximum Gasteiger partial charge on any atom is 0.113 e. The molecule has 2 fully saturated rings. The molecule has 3 aromatic rings. The molecule has 1 aromatic carbocycles. The van der Waals surface area contributed by atoms with Gasteiger partial charge in [0.25, 0.3) is 0 Å². The number of hydrogen-bond donors (Lipinski definition) is 3. The SMILES string of the molecule is CC1(C#N)CC(CC#N)(n2ncc(-c3cc(C4CNNC4N)cc4ncccc34)n2)C1. The Balaban J connectivity index is 1.58. The molecule has 2 atom stereocenters. The molecule has 1 saturated carbocycles. The first-order chi connectivity index (χ1) is 15.0. The average Bonchev–Trinajstić information content (AvgIpc) is 3.41. The summed E-state index contributed by atoms with van der Waals surface area (Å²) in [6.07, 6.45) is 4.72. The average molecular weight is 413 g/mol. The smallest absolute Gasteiger partial charge is 0.113 e. The first-order valence-electron chi connectivity index (χ1n) is 10.3. The van der Waals surface area contributed by atoms with Crippen molar-refractivity contribution in [3.63, 3.8) is 0 Å². The van der Waals surface area contributed by atoms with Crippen LogP contribution in [0.25, 0.3) is 22.2 Å². The number of rotatable bonds is 4. The fourth-order valence-corrected chi connectivity index (χ4v) is 5.05. The van der Waals surface area contributed by atoms with E-state index in [9.17, 15) is 10.5 Å². The van der Waals surface area contributed by atoms with Crippen LogP contribution in [0, 0.1) is 28.1 Å². The Morgan fingerprint density at radius 2 is 2.16 bits per heavy atom. The minimum atomic E-state index is -0.537. The normalized spacial score (nSPS) is 29.9. The number of benzene rings is 1. The molecule has 5 rings (SSSR count). The van der Waals surface area contributed by atoms with Gasteiger partial charge in [0.2, 0.25) is 0 Å². The van der Waals surface area contributed by atoms with Gasteiger partial charge in [-0.1, -0.05) is 6.07 Å². The van der Waals surface area contributed by atoms with E-state index in [0.29, 0.717) is 12.8 Å². The Bertz CT molecular complexity index is 1230. The first kappa shape index (κ1) is 19.6. The van der Waals surface area contributed by atoms with Gasteiger partial charge in [-0.25, -0.2) is 5.43 Å². The Morgan fingerprint density at radius 1 is 1.32 bits per heavy atom. The quantitative estimate of drug-likeness (QED) is 0.589. The van der Waals surface area contributed by atoms with Crippen LogP contribution in [0.4, 0.5) is 0 Å². The molecule has 2 unspecified atom stereocenters. The Kier molecular flexibility index (Phi) is 4.49. The van der Waals surface area contributed by atoms with E-state index in [1.807, 2.05) is 19.1 Å². The lowest BCUT2D eigenvalue weighted by Crippen LogP contribution is -2.52. The van der Waals surface area contributed by atoms with Crippen LogP contribution in [0.3, 0.4) is 0 Å². The number of nitriles is 2. The molecule has 1 aliphatic heterocycles. The third kappa shape index (κ3) is 3.15. The van der Waals surface area contributed by atoms with Crippen LogP contribution in [0.5, 0.6) is 0 Å². The van der Waals surface area contributed by atoms with E-state index in [4.69, 9.17) is 10.8 Å². The first-order valence-corrected chi connectivity index (χ1v) is 10.3. The van der Waals surface area contributed by atoms with E-state index in [1.54, 1.807) is 17.2 Å². The van der Waals surface area contributed by atoms with E-state index in [0.717, 1.165) is 34.3 Å². The van der Waals surface area contributed by atoms with Gasteiger partial charge in [-0.2, -0.15) is 25.5 Å². The number of nitrogens with zero attached hydrogens (tertiary/aromatic N) is 6. The zero-order valence-corrected chi connectivity index (χ0v) is 17.2. The lowest BCUT2D eigenvalue weighted by atomic mass is 9.58. The summed E-state index contributed by atoms with van der Waals surface area (Å²) >= 11 is 0. The van der Waals surface area contributed by atoms with Gasteiger partial charge in [-0.3, -0.25) is 10.4 Å². The molecule has 4 N–H and O–H groups in total. The molecule has 9 nitrogen and oxygen atoms in total. The highest BCUT2D eigenvalue weighted by molar-refractivity contribution is 5.94. The van der Waals surface area contributed by atoms with Crippen molar-refractivity contribution in [1.82, 2.24) is 30.8 Å². The molecular weight excluding hydrogens is 390 g/mol. The van der Waals surface area contributed by atoms with Gasteiger partial charge >= 0.3 is 0 Å². The van der Waals surface area contributed by atoms with Crippen molar-refractivity contribution < 1.29 is 0 Å². The van der Waals surface area contributed by atoms with E-state index >= 15 is 0 Å². The van der Waals surface area contributed by atoms with Crippen molar-refractivity contribution in [2.75, 3.05) is 6.54 Å². The second-order valence-electron chi connectivity index (χ2n) is 8.90. The second kappa shape index (κ2) is 7.10. The molecule has 3 heterocycles. The van der Waals surface area contributed by atoms with E-state index < -0.39 is 11.0 Å². The number of nitrogens with two attached hydrogens (primary N) is 1. The highest BCUT2D eigenvalue weighted by atomic mass is 15.5. The molecule has 2 aliphatic rings. The van der Waals surface area contributed by atoms with Gasteiger partial charge in [0.15, 0.2) is 0 Å². The van der Waals surface area contributed by atoms with Crippen LogP contribution >= 0.6 is 0 Å². The maximum absolute atomic E-state index is 9.44. The summed E-state index contributed by atoms with van der Waals surface area (Å²) in [5.74, 6) is 0.105. The number of fused-ring (bicyclic) bond motifs is 1. The molecular formula is C22H23N9. The third-order valence-electron chi connectivity index (χ3n) is 6.50. The number of nitrogens with one attached hydrogen (secondary N) is 2. The zero-order valence-electron chi connectivity index (χ0n) is 17.2. The van der Waals surface area contributed by atoms with E-state index in [-0.39, 0.29) is 18.5 Å². The predicted octanol–water partition coefficient (Wildman–Crippen LogP) is 1.90. The van der Waals surface area contributed by atoms with Gasteiger partial charge in [0.05, 0.1) is 47.4 Å². The van der Waals surface area contributed by atoms with Crippen molar-refractivity contribution in [3.05, 3.63) is 42.2 Å². The largest absolute Gasteiger partial charge is 0.314 e. The number of hydrazine groups is 1. The third-order valence-corrected chi connectivity index (χ3v) is 6.50. The molecule has 31 heavy (non-hydrogen) atoms. The molecule has 0 radical (unpaired) electrons. The molecule has 1 saturated heterocycles. The van der Waals surface area contributed by atoms with Crippen LogP contribution in [-0.2, 0) is 5.54 Å². The molecule has 0 bridgehead atoms. The zero-order chi connectivity index (χ0) is 21.6. The second-order valence-corrected chi connectivity index (χ2v) is 8.90. The minimum Gasteiger partial charge on any atom is -0.314 e. The summed E-state index contributed by atoms with van der Waals surface area (Å²) < 4.78 is 0. The summed E-state index contributed by atoms with van der Waals surface area (Å²) in [6.45, 7) is 2.65. The summed E-state index contributed by atoms with van der Waals surface area (Å²) in [7, 11) is 0. The van der Waals surface area contributed by atoms with Crippen LogP contribution < -0.4 is 16.6 Å². The molecule has 156 valence electrons. The van der Waals surface area contributed by atoms with Crippen LogP contribution in [0.15, 0.2) is 36.7 Å². The lowest BCUT2D eigenvalue weighted by Gasteiger charge is -2.48. The van der Waals surface area contributed by atoms with Gasteiger partial charge in [-0.05, 0) is 43.5 Å². The maximum atomic E-state index is 9.44. The minimum absolute atomic E-state index is 0.105. The summed E-state index contributed by atoms with van der Waals surface area (Å²) in [5.41, 5.74) is 15.0. The Morgan fingerprint density at radius 3 is 2.87 bits per heavy atom. The molecule has 0 spiro atoms. The summed E-state index contributed by atoms with van der Waals surface area (Å²) in [5, 5.41) is 29.1. The van der Waals surface area contributed by atoms with Gasteiger partial charge in [-0.15, -0.1) is 0 Å². The highest BCUT2D eigenvalue weighted by Gasteiger charge is 2.55. The van der Waals surface area contributed by atoms with Gasteiger partial charge in [0.1, 0.15) is 5.69 Å². The standard InChI is InChI=1S/C22H23N9/c1-21(13-24)11-22(12-21,4-5-23)31-28-10-19(30-31)16-7-14(17-9-27-29-20(17)25)8-18-15(16)3-2-6-26-18/h2-3,6-8,10,17,20,27,29H,4,9,11-12,25H2,1H3. The van der Waals surface area contributed by atoms with Crippen molar-refractivity contribution >= 4 is 10.9 Å². The topological polar surface area (TPSA) is 141 Å². The summed E-state index contributed by atoms with van der Waals surface area (Å²) in [6, 6.07) is 12.7. The van der Waals surface area contributed by atoms with Crippen LogP contribution in [0.1, 0.15) is 37.7 Å². The summed E-state index contributed by atoms with van der Waals surface area (Å²) in [4.78, 5) is 6.19. The van der Waals surface area contributed by atoms with E-state index in [2.05, 4.69) is 45.2 Å². The fourth-order valence-electron chi connectivity index (χ4n) is 5.05. The Hall–Kier alpha value is -3.37. The number of aromatic nitrogens is 4. The van der Waals surface area contributed by atoms with Crippen LogP contribution in [-0.4, -0.2) is 32.7 Å². The van der Waals surface area contributed by atoms with E-state index in [1.165, 1.54) is 0 Å². The monoisotopic (exact) mass is 413 g/mol. The Labute approximate surface area is 179 Å². The molecule has 9 heteroatoms. The van der Waals surface area contributed by atoms with Crippen molar-refractivity contribution in [2.45, 2.75) is 43.8 Å².